The average Bonchev–Trinajstić information content (AvgIpc) is 3.40. The molecule has 2 aromatic heterocycles. The molecule has 0 spiro atoms. The van der Waals surface area contributed by atoms with E-state index in [1.54, 1.807) is 41.3 Å². The molecule has 1 aromatic carbocycles. The molecular weight excluding hydrogens is 458 g/mol. The number of hydrogen-bond donors (Lipinski definition) is 0. The molecule has 188 valence electrons. The predicted octanol–water partition coefficient (Wildman–Crippen LogP) is 4.27. The number of carbonyl (C=O) groups excluding carboxylic acids is 3. The summed E-state index contributed by atoms with van der Waals surface area (Å²) in [6.45, 7) is 4.55. The number of carbonyl (C=O) groups is 3. The Kier molecular flexibility index (Phi) is 7.83. The molecule has 4 rings (SSSR count). The molecule has 36 heavy (non-hydrogen) atoms. The number of rotatable bonds is 7. The van der Waals surface area contributed by atoms with E-state index in [9.17, 15) is 14.4 Å². The zero-order chi connectivity index (χ0) is 25.7. The van der Waals surface area contributed by atoms with Crippen molar-refractivity contribution in [1.82, 2.24) is 14.8 Å². The van der Waals surface area contributed by atoms with Crippen molar-refractivity contribution in [3.05, 3.63) is 89.1 Å². The van der Waals surface area contributed by atoms with Gasteiger partial charge in [-0.3, -0.25) is 19.4 Å². The summed E-state index contributed by atoms with van der Waals surface area (Å²) in [6, 6.07) is 16.4. The lowest BCUT2D eigenvalue weighted by atomic mass is 9.89. The summed E-state index contributed by atoms with van der Waals surface area (Å²) in [5.74, 6) is -0.111. The molecule has 0 N–H and O–H groups in total. The third kappa shape index (κ3) is 5.82. The van der Waals surface area contributed by atoms with E-state index in [1.165, 1.54) is 6.92 Å². The summed E-state index contributed by atoms with van der Waals surface area (Å²) < 4.78 is 10.8. The number of ether oxygens (including phenoxy) is 1. The SMILES string of the molecule is CC(=O)OC(C(=O)N1CCC(c2nc(C)ccc2C(=O)N(C)Cc2ccco2)CC1)c1ccccc1. The number of amides is 2. The fourth-order valence-corrected chi connectivity index (χ4v) is 4.58. The second-order valence-corrected chi connectivity index (χ2v) is 9.13. The van der Waals surface area contributed by atoms with Crippen molar-refractivity contribution in [2.75, 3.05) is 20.1 Å². The van der Waals surface area contributed by atoms with E-state index in [-0.39, 0.29) is 17.7 Å². The standard InChI is InChI=1S/C28H31N3O5/c1-19-11-12-24(27(33)30(3)18-23-10-7-17-35-23)25(29-19)21-13-15-31(16-14-21)28(34)26(36-20(2)32)22-8-5-4-6-9-22/h4-12,17,21,26H,13-16,18H2,1-3H3. The van der Waals surface area contributed by atoms with Crippen LogP contribution in [0.5, 0.6) is 0 Å². The second-order valence-electron chi connectivity index (χ2n) is 9.13. The van der Waals surface area contributed by atoms with Crippen molar-refractivity contribution >= 4 is 17.8 Å². The van der Waals surface area contributed by atoms with Crippen molar-refractivity contribution in [2.45, 2.75) is 45.3 Å². The summed E-state index contributed by atoms with van der Waals surface area (Å²) >= 11 is 0. The van der Waals surface area contributed by atoms with E-state index in [4.69, 9.17) is 14.1 Å². The number of piperidine rings is 1. The topological polar surface area (TPSA) is 93.0 Å². The molecular formula is C28H31N3O5. The number of hydrogen-bond acceptors (Lipinski definition) is 6. The molecule has 0 saturated carbocycles. The van der Waals surface area contributed by atoms with E-state index in [2.05, 4.69) is 0 Å². The lowest BCUT2D eigenvalue weighted by Crippen LogP contribution is -2.42. The van der Waals surface area contributed by atoms with Gasteiger partial charge in [0.1, 0.15) is 5.76 Å². The van der Waals surface area contributed by atoms with Crippen LogP contribution in [0.4, 0.5) is 0 Å². The smallest absolute Gasteiger partial charge is 0.303 e. The van der Waals surface area contributed by atoms with Crippen LogP contribution in [0.3, 0.4) is 0 Å². The number of aromatic nitrogens is 1. The quantitative estimate of drug-likeness (QED) is 0.460. The van der Waals surface area contributed by atoms with Crippen LogP contribution in [-0.2, 0) is 20.9 Å². The van der Waals surface area contributed by atoms with Gasteiger partial charge in [-0.1, -0.05) is 30.3 Å². The maximum atomic E-state index is 13.3. The highest BCUT2D eigenvalue weighted by Gasteiger charge is 2.33. The zero-order valence-electron chi connectivity index (χ0n) is 20.8. The van der Waals surface area contributed by atoms with Crippen molar-refractivity contribution in [3.8, 4) is 0 Å². The molecule has 2 amide bonds. The third-order valence-corrected chi connectivity index (χ3v) is 6.42. The second kappa shape index (κ2) is 11.2. The van der Waals surface area contributed by atoms with E-state index >= 15 is 0 Å². The lowest BCUT2D eigenvalue weighted by molar-refractivity contribution is -0.159. The van der Waals surface area contributed by atoms with Gasteiger partial charge in [0, 0.05) is 44.2 Å². The Hall–Kier alpha value is -3.94. The molecule has 0 aliphatic carbocycles. The Morgan fingerprint density at radius 3 is 2.44 bits per heavy atom. The van der Waals surface area contributed by atoms with Gasteiger partial charge in [0.25, 0.3) is 11.8 Å². The van der Waals surface area contributed by atoms with Gasteiger partial charge < -0.3 is 19.0 Å². The number of furan rings is 1. The molecule has 8 nitrogen and oxygen atoms in total. The zero-order valence-corrected chi connectivity index (χ0v) is 20.8. The van der Waals surface area contributed by atoms with Crippen molar-refractivity contribution < 1.29 is 23.5 Å². The summed E-state index contributed by atoms with van der Waals surface area (Å²) in [7, 11) is 1.74. The molecule has 1 saturated heterocycles. The number of aryl methyl sites for hydroxylation is 1. The summed E-state index contributed by atoms with van der Waals surface area (Å²) in [4.78, 5) is 46.4. The van der Waals surface area contributed by atoms with E-state index in [1.807, 2.05) is 43.3 Å². The Morgan fingerprint density at radius 1 is 1.08 bits per heavy atom. The van der Waals surface area contributed by atoms with Gasteiger partial charge in [0.05, 0.1) is 24.1 Å². The number of benzene rings is 1. The van der Waals surface area contributed by atoms with Crippen molar-refractivity contribution in [2.24, 2.45) is 0 Å². The van der Waals surface area contributed by atoms with Crippen LogP contribution in [-0.4, -0.2) is 52.7 Å². The minimum Gasteiger partial charge on any atom is -0.467 e. The van der Waals surface area contributed by atoms with Crippen LogP contribution in [0.1, 0.15) is 64.9 Å². The van der Waals surface area contributed by atoms with Gasteiger partial charge in [0.2, 0.25) is 6.10 Å². The molecule has 3 aromatic rings. The van der Waals surface area contributed by atoms with Crippen LogP contribution >= 0.6 is 0 Å². The monoisotopic (exact) mass is 489 g/mol. The van der Waals surface area contributed by atoms with Crippen LogP contribution < -0.4 is 0 Å². The molecule has 1 unspecified atom stereocenters. The minimum absolute atomic E-state index is 0.0359. The normalized spacial score (nSPS) is 14.8. The van der Waals surface area contributed by atoms with Crippen LogP contribution in [0.2, 0.25) is 0 Å². The summed E-state index contributed by atoms with van der Waals surface area (Å²) in [5.41, 5.74) is 2.82. The van der Waals surface area contributed by atoms with Gasteiger partial charge in [0.15, 0.2) is 0 Å². The molecule has 3 heterocycles. The Morgan fingerprint density at radius 2 is 1.81 bits per heavy atom. The highest BCUT2D eigenvalue weighted by molar-refractivity contribution is 5.95. The van der Waals surface area contributed by atoms with Crippen LogP contribution in [0.15, 0.2) is 65.3 Å². The number of pyridine rings is 1. The maximum absolute atomic E-state index is 13.3. The first-order valence-electron chi connectivity index (χ1n) is 12.1. The van der Waals surface area contributed by atoms with Crippen LogP contribution in [0, 0.1) is 6.92 Å². The van der Waals surface area contributed by atoms with Gasteiger partial charge in [-0.05, 0) is 44.0 Å². The first-order chi connectivity index (χ1) is 17.3. The van der Waals surface area contributed by atoms with Crippen LogP contribution in [0.25, 0.3) is 0 Å². The number of esters is 1. The summed E-state index contributed by atoms with van der Waals surface area (Å²) in [6.07, 6.45) is 1.94. The molecule has 0 radical (unpaired) electrons. The Balaban J connectivity index is 1.48. The predicted molar refractivity (Wildman–Crippen MR) is 133 cm³/mol. The fraction of sp³-hybridized carbons (Fsp3) is 0.357. The molecule has 1 fully saturated rings. The van der Waals surface area contributed by atoms with E-state index in [0.717, 1.165) is 11.4 Å². The van der Waals surface area contributed by atoms with Gasteiger partial charge in [-0.15, -0.1) is 0 Å². The highest BCUT2D eigenvalue weighted by Crippen LogP contribution is 2.32. The number of likely N-dealkylation sites (tertiary alicyclic amines) is 1. The first kappa shape index (κ1) is 25.2. The fourth-order valence-electron chi connectivity index (χ4n) is 4.58. The third-order valence-electron chi connectivity index (χ3n) is 6.42. The summed E-state index contributed by atoms with van der Waals surface area (Å²) in [5, 5.41) is 0. The Labute approximate surface area is 210 Å². The van der Waals surface area contributed by atoms with Gasteiger partial charge >= 0.3 is 5.97 Å². The first-order valence-corrected chi connectivity index (χ1v) is 12.1. The lowest BCUT2D eigenvalue weighted by Gasteiger charge is -2.34. The molecule has 1 aliphatic rings. The average molecular weight is 490 g/mol. The minimum atomic E-state index is -0.968. The Bertz CT molecular complexity index is 1200. The van der Waals surface area contributed by atoms with E-state index in [0.29, 0.717) is 49.4 Å². The number of nitrogens with zero attached hydrogens (tertiary/aromatic N) is 3. The van der Waals surface area contributed by atoms with Crippen molar-refractivity contribution in [1.29, 1.82) is 0 Å². The molecule has 1 aliphatic heterocycles. The van der Waals surface area contributed by atoms with Gasteiger partial charge in [-0.25, -0.2) is 0 Å². The molecule has 1 atom stereocenters. The molecule has 0 bridgehead atoms. The molecule has 8 heteroatoms. The van der Waals surface area contributed by atoms with E-state index < -0.39 is 12.1 Å². The van der Waals surface area contributed by atoms with Crippen molar-refractivity contribution in [3.63, 3.8) is 0 Å². The van der Waals surface area contributed by atoms with Gasteiger partial charge in [-0.2, -0.15) is 0 Å². The highest BCUT2D eigenvalue weighted by atomic mass is 16.5. The maximum Gasteiger partial charge on any atom is 0.303 e. The largest absolute Gasteiger partial charge is 0.467 e.